The van der Waals surface area contributed by atoms with Gasteiger partial charge in [0.15, 0.2) is 0 Å². The van der Waals surface area contributed by atoms with E-state index in [1.807, 2.05) is 48.3 Å². The fourth-order valence-electron chi connectivity index (χ4n) is 3.47. The molecule has 1 amide bonds. The van der Waals surface area contributed by atoms with Crippen LogP contribution in [-0.4, -0.2) is 28.9 Å². The van der Waals surface area contributed by atoms with E-state index in [9.17, 15) is 4.79 Å². The first kappa shape index (κ1) is 15.0. The summed E-state index contributed by atoms with van der Waals surface area (Å²) >= 11 is 0. The first-order chi connectivity index (χ1) is 10.7. The highest BCUT2D eigenvalue weighted by atomic mass is 16.2. The topological polar surface area (TPSA) is 33.2 Å². The third-order valence-corrected chi connectivity index (χ3v) is 5.08. The highest BCUT2D eigenvalue weighted by Crippen LogP contribution is 2.29. The maximum absolute atomic E-state index is 12.7. The quantitative estimate of drug-likeness (QED) is 0.847. The van der Waals surface area contributed by atoms with Gasteiger partial charge >= 0.3 is 0 Å². The number of benzene rings is 1. The summed E-state index contributed by atoms with van der Waals surface area (Å²) in [6.45, 7) is 2.26. The summed E-state index contributed by atoms with van der Waals surface area (Å²) < 4.78 is 0. The van der Waals surface area contributed by atoms with Crippen LogP contribution < -0.4 is 0 Å². The van der Waals surface area contributed by atoms with E-state index in [4.69, 9.17) is 0 Å². The van der Waals surface area contributed by atoms with E-state index in [0.717, 1.165) is 29.7 Å². The molecular weight excluding hydrogens is 272 g/mol. The van der Waals surface area contributed by atoms with Crippen molar-refractivity contribution >= 4 is 16.8 Å². The summed E-state index contributed by atoms with van der Waals surface area (Å²) in [7, 11) is 1.93. The molecule has 0 radical (unpaired) electrons. The van der Waals surface area contributed by atoms with Crippen LogP contribution in [0.4, 0.5) is 0 Å². The van der Waals surface area contributed by atoms with Gasteiger partial charge in [-0.1, -0.05) is 37.6 Å². The Morgan fingerprint density at radius 3 is 2.59 bits per heavy atom. The Bertz CT molecular complexity index is 659. The van der Waals surface area contributed by atoms with Gasteiger partial charge in [-0.2, -0.15) is 0 Å². The lowest BCUT2D eigenvalue weighted by molar-refractivity contribution is 0.0669. The minimum absolute atomic E-state index is 0.0469. The standard InChI is InChI=1S/C19H24N2O/c1-3-14-8-11-16(12-9-14)21(2)19(22)18-13-10-15-6-4-5-7-17(15)20-18/h4-7,10,13-14,16H,3,8-9,11-12H2,1-2H3. The molecule has 3 rings (SSSR count). The fourth-order valence-corrected chi connectivity index (χ4v) is 3.47. The molecule has 0 unspecified atom stereocenters. The highest BCUT2D eigenvalue weighted by Gasteiger charge is 2.26. The Hall–Kier alpha value is -1.90. The molecule has 1 heterocycles. The van der Waals surface area contributed by atoms with Crippen LogP contribution in [0, 0.1) is 5.92 Å². The van der Waals surface area contributed by atoms with Gasteiger partial charge in [0.05, 0.1) is 5.52 Å². The molecule has 1 fully saturated rings. The van der Waals surface area contributed by atoms with Crippen LogP contribution in [0.1, 0.15) is 49.5 Å². The van der Waals surface area contributed by atoms with Crippen molar-refractivity contribution in [3.63, 3.8) is 0 Å². The van der Waals surface area contributed by atoms with Crippen LogP contribution in [0.15, 0.2) is 36.4 Å². The predicted molar refractivity (Wildman–Crippen MR) is 89.9 cm³/mol. The summed E-state index contributed by atoms with van der Waals surface area (Å²) in [5.74, 6) is 0.893. The minimum atomic E-state index is 0.0469. The van der Waals surface area contributed by atoms with Gasteiger partial charge in [-0.3, -0.25) is 4.79 Å². The molecule has 1 aliphatic carbocycles. The van der Waals surface area contributed by atoms with Crippen molar-refractivity contribution in [1.29, 1.82) is 0 Å². The Balaban J connectivity index is 1.74. The van der Waals surface area contributed by atoms with Crippen molar-refractivity contribution < 1.29 is 4.79 Å². The van der Waals surface area contributed by atoms with Gasteiger partial charge in [0.1, 0.15) is 5.69 Å². The number of para-hydroxylation sites is 1. The first-order valence-electron chi connectivity index (χ1n) is 8.32. The van der Waals surface area contributed by atoms with Gasteiger partial charge < -0.3 is 4.90 Å². The molecule has 1 aliphatic rings. The second-order valence-corrected chi connectivity index (χ2v) is 6.39. The van der Waals surface area contributed by atoms with Gasteiger partial charge in [0.2, 0.25) is 0 Å². The maximum Gasteiger partial charge on any atom is 0.272 e. The Labute approximate surface area is 132 Å². The number of carbonyl (C=O) groups is 1. The molecule has 0 saturated heterocycles. The minimum Gasteiger partial charge on any atom is -0.337 e. The molecule has 22 heavy (non-hydrogen) atoms. The SMILES string of the molecule is CCC1CCC(N(C)C(=O)c2ccc3ccccc3n2)CC1. The average molecular weight is 296 g/mol. The van der Waals surface area contributed by atoms with E-state index in [1.54, 1.807) is 0 Å². The number of hydrogen-bond donors (Lipinski definition) is 0. The van der Waals surface area contributed by atoms with Crippen LogP contribution >= 0.6 is 0 Å². The van der Waals surface area contributed by atoms with Crippen molar-refractivity contribution in [2.75, 3.05) is 7.05 Å². The number of nitrogens with zero attached hydrogens (tertiary/aromatic N) is 2. The van der Waals surface area contributed by atoms with Crippen LogP contribution in [0.5, 0.6) is 0 Å². The Kier molecular flexibility index (Phi) is 4.41. The summed E-state index contributed by atoms with van der Waals surface area (Å²) in [5, 5.41) is 1.07. The predicted octanol–water partition coefficient (Wildman–Crippen LogP) is 4.28. The number of hydrogen-bond acceptors (Lipinski definition) is 2. The summed E-state index contributed by atoms with van der Waals surface area (Å²) in [6, 6.07) is 12.1. The lowest BCUT2D eigenvalue weighted by Crippen LogP contribution is -2.39. The number of fused-ring (bicyclic) bond motifs is 1. The van der Waals surface area contributed by atoms with Gasteiger partial charge in [-0.25, -0.2) is 4.98 Å². The van der Waals surface area contributed by atoms with Crippen LogP contribution in [0.2, 0.25) is 0 Å². The third kappa shape index (κ3) is 2.99. The average Bonchev–Trinajstić information content (AvgIpc) is 2.60. The Morgan fingerprint density at radius 2 is 1.86 bits per heavy atom. The smallest absolute Gasteiger partial charge is 0.272 e. The van der Waals surface area contributed by atoms with E-state index in [1.165, 1.54) is 19.3 Å². The lowest BCUT2D eigenvalue weighted by atomic mass is 9.84. The summed E-state index contributed by atoms with van der Waals surface area (Å²) in [5.41, 5.74) is 1.44. The van der Waals surface area contributed by atoms with E-state index >= 15 is 0 Å². The van der Waals surface area contributed by atoms with Crippen LogP contribution in [0.25, 0.3) is 10.9 Å². The van der Waals surface area contributed by atoms with Crippen molar-refractivity contribution in [2.24, 2.45) is 5.92 Å². The molecule has 116 valence electrons. The largest absolute Gasteiger partial charge is 0.337 e. The zero-order valence-corrected chi connectivity index (χ0v) is 13.5. The molecule has 1 saturated carbocycles. The van der Waals surface area contributed by atoms with E-state index in [-0.39, 0.29) is 5.91 Å². The molecule has 0 bridgehead atoms. The van der Waals surface area contributed by atoms with Crippen LogP contribution in [0.3, 0.4) is 0 Å². The lowest BCUT2D eigenvalue weighted by Gasteiger charge is -2.34. The summed E-state index contributed by atoms with van der Waals surface area (Å²) in [4.78, 5) is 19.1. The normalized spacial score (nSPS) is 21.7. The third-order valence-electron chi connectivity index (χ3n) is 5.08. The molecule has 2 aromatic rings. The van der Waals surface area contributed by atoms with E-state index < -0.39 is 0 Å². The van der Waals surface area contributed by atoms with Crippen molar-refractivity contribution in [1.82, 2.24) is 9.88 Å². The highest BCUT2D eigenvalue weighted by molar-refractivity contribution is 5.94. The molecule has 3 heteroatoms. The van der Waals surface area contributed by atoms with Gasteiger partial charge in [0, 0.05) is 18.5 Å². The fraction of sp³-hybridized carbons (Fsp3) is 0.474. The molecule has 0 atom stereocenters. The van der Waals surface area contributed by atoms with Crippen molar-refractivity contribution in [2.45, 2.75) is 45.1 Å². The van der Waals surface area contributed by atoms with E-state index in [0.29, 0.717) is 11.7 Å². The maximum atomic E-state index is 12.7. The van der Waals surface area contributed by atoms with Gasteiger partial charge in [-0.05, 0) is 43.7 Å². The van der Waals surface area contributed by atoms with Crippen LogP contribution in [-0.2, 0) is 0 Å². The number of aromatic nitrogens is 1. The molecule has 0 aliphatic heterocycles. The van der Waals surface area contributed by atoms with Crippen molar-refractivity contribution in [3.05, 3.63) is 42.1 Å². The molecule has 0 N–H and O–H groups in total. The molecule has 3 nitrogen and oxygen atoms in total. The molecule has 1 aromatic heterocycles. The molecule has 1 aromatic carbocycles. The van der Waals surface area contributed by atoms with Crippen molar-refractivity contribution in [3.8, 4) is 0 Å². The molecular formula is C19H24N2O. The number of rotatable bonds is 3. The summed E-state index contributed by atoms with van der Waals surface area (Å²) in [6.07, 6.45) is 5.98. The van der Waals surface area contributed by atoms with Gasteiger partial charge in [0.25, 0.3) is 5.91 Å². The number of carbonyl (C=O) groups excluding carboxylic acids is 1. The van der Waals surface area contributed by atoms with E-state index in [2.05, 4.69) is 11.9 Å². The zero-order valence-electron chi connectivity index (χ0n) is 13.5. The monoisotopic (exact) mass is 296 g/mol. The second-order valence-electron chi connectivity index (χ2n) is 6.39. The molecule has 0 spiro atoms. The Morgan fingerprint density at radius 1 is 1.14 bits per heavy atom. The first-order valence-corrected chi connectivity index (χ1v) is 8.32. The zero-order chi connectivity index (χ0) is 15.5. The number of amides is 1. The van der Waals surface area contributed by atoms with Gasteiger partial charge in [-0.15, -0.1) is 0 Å². The number of pyridine rings is 1. The second kappa shape index (κ2) is 6.47.